The molecule has 0 aliphatic rings. The van der Waals surface area contributed by atoms with E-state index in [1.807, 2.05) is 53.2 Å². The number of carbonyl (C=O) groups excluding carboxylic acids is 1. The predicted octanol–water partition coefficient (Wildman–Crippen LogP) is 4.86. The van der Waals surface area contributed by atoms with Crippen molar-refractivity contribution in [3.63, 3.8) is 0 Å². The summed E-state index contributed by atoms with van der Waals surface area (Å²) in [4.78, 5) is 12.9. The molecule has 1 heterocycles. The van der Waals surface area contributed by atoms with Crippen LogP contribution in [0.1, 0.15) is 48.7 Å². The lowest BCUT2D eigenvalue weighted by molar-refractivity contribution is 0.103. The van der Waals surface area contributed by atoms with Gasteiger partial charge in [-0.05, 0) is 18.6 Å². The molecule has 4 heteroatoms. The molecule has 3 rings (SSSR count). The van der Waals surface area contributed by atoms with E-state index in [1.165, 1.54) is 19.3 Å². The highest BCUT2D eigenvalue weighted by Gasteiger charge is 2.19. The molecule has 0 atom stereocenters. The fraction of sp³-hybridized carbons (Fsp3) is 0.333. The Morgan fingerprint density at radius 1 is 1.08 bits per heavy atom. The summed E-state index contributed by atoms with van der Waals surface area (Å²) in [5.74, 6) is 0.740. The predicted molar refractivity (Wildman–Crippen MR) is 100 cm³/mol. The highest BCUT2D eigenvalue weighted by atomic mass is 16.5. The number of rotatable bonds is 8. The fourth-order valence-corrected chi connectivity index (χ4v) is 3.03. The second-order valence-corrected chi connectivity index (χ2v) is 6.21. The Kier molecular flexibility index (Phi) is 5.49. The van der Waals surface area contributed by atoms with E-state index in [-0.39, 0.29) is 5.78 Å². The molecule has 0 aliphatic heterocycles. The van der Waals surface area contributed by atoms with Gasteiger partial charge in [0.1, 0.15) is 11.4 Å². The highest BCUT2D eigenvalue weighted by molar-refractivity contribution is 6.14. The van der Waals surface area contributed by atoms with Gasteiger partial charge < -0.3 is 4.74 Å². The average molecular weight is 336 g/mol. The highest BCUT2D eigenvalue weighted by Crippen LogP contribution is 2.26. The monoisotopic (exact) mass is 336 g/mol. The third-order valence-electron chi connectivity index (χ3n) is 4.43. The van der Waals surface area contributed by atoms with Crippen molar-refractivity contribution in [1.29, 1.82) is 0 Å². The summed E-state index contributed by atoms with van der Waals surface area (Å²) >= 11 is 0. The first kappa shape index (κ1) is 17.2. The maximum atomic E-state index is 12.9. The number of ether oxygens (including phenoxy) is 1. The first-order chi connectivity index (χ1) is 12.2. The summed E-state index contributed by atoms with van der Waals surface area (Å²) in [5.41, 5.74) is 2.13. The van der Waals surface area contributed by atoms with E-state index in [0.29, 0.717) is 11.3 Å². The van der Waals surface area contributed by atoms with Gasteiger partial charge in [0, 0.05) is 23.6 Å². The van der Waals surface area contributed by atoms with Crippen LogP contribution >= 0.6 is 0 Å². The minimum atomic E-state index is -0.0388. The van der Waals surface area contributed by atoms with E-state index in [9.17, 15) is 4.79 Å². The van der Waals surface area contributed by atoms with E-state index in [2.05, 4.69) is 12.0 Å². The molecule has 4 nitrogen and oxygen atoms in total. The number of hydrogen-bond acceptors (Lipinski definition) is 3. The quantitative estimate of drug-likeness (QED) is 0.436. The van der Waals surface area contributed by atoms with Crippen molar-refractivity contribution in [2.75, 3.05) is 7.11 Å². The molecule has 0 saturated heterocycles. The van der Waals surface area contributed by atoms with Crippen LogP contribution in [0.15, 0.2) is 48.5 Å². The molecule has 3 aromatic rings. The molecular formula is C21H24N2O2. The van der Waals surface area contributed by atoms with E-state index < -0.39 is 0 Å². The second kappa shape index (κ2) is 7.97. The summed E-state index contributed by atoms with van der Waals surface area (Å²) in [6, 6.07) is 15.1. The number of unbranched alkanes of at least 4 members (excludes halogenated alkanes) is 3. The maximum absolute atomic E-state index is 12.9. The molecule has 0 bridgehead atoms. The summed E-state index contributed by atoms with van der Waals surface area (Å²) < 4.78 is 7.30. The van der Waals surface area contributed by atoms with Crippen LogP contribution in [-0.4, -0.2) is 22.7 Å². The number of aromatic nitrogens is 2. The van der Waals surface area contributed by atoms with E-state index in [0.717, 1.165) is 29.6 Å². The van der Waals surface area contributed by atoms with Gasteiger partial charge in [0.15, 0.2) is 0 Å². The van der Waals surface area contributed by atoms with Gasteiger partial charge in [-0.3, -0.25) is 9.48 Å². The molecule has 1 aromatic heterocycles. The largest absolute Gasteiger partial charge is 0.497 e. The van der Waals surface area contributed by atoms with Crippen molar-refractivity contribution >= 4 is 16.7 Å². The van der Waals surface area contributed by atoms with E-state index in [1.54, 1.807) is 7.11 Å². The number of hydrogen-bond donors (Lipinski definition) is 0. The van der Waals surface area contributed by atoms with Crippen LogP contribution in [0, 0.1) is 0 Å². The molecule has 0 N–H and O–H groups in total. The Bertz CT molecular complexity index is 853. The number of nitrogens with zero attached hydrogens (tertiary/aromatic N) is 2. The van der Waals surface area contributed by atoms with Gasteiger partial charge in [-0.15, -0.1) is 0 Å². The molecule has 0 radical (unpaired) electrons. The van der Waals surface area contributed by atoms with Crippen molar-refractivity contribution < 1.29 is 9.53 Å². The Morgan fingerprint density at radius 3 is 2.60 bits per heavy atom. The topological polar surface area (TPSA) is 44.1 Å². The maximum Gasteiger partial charge on any atom is 0.213 e. The van der Waals surface area contributed by atoms with Crippen LogP contribution in [0.25, 0.3) is 10.9 Å². The minimum absolute atomic E-state index is 0.0388. The van der Waals surface area contributed by atoms with Crippen LogP contribution in [0.4, 0.5) is 0 Å². The molecule has 130 valence electrons. The summed E-state index contributed by atoms with van der Waals surface area (Å²) in [5, 5.41) is 5.53. The van der Waals surface area contributed by atoms with Crippen molar-refractivity contribution in [2.24, 2.45) is 0 Å². The lowest BCUT2D eigenvalue weighted by atomic mass is 10.1. The van der Waals surface area contributed by atoms with Gasteiger partial charge in [0.2, 0.25) is 5.78 Å². The third kappa shape index (κ3) is 3.73. The van der Waals surface area contributed by atoms with Gasteiger partial charge >= 0.3 is 0 Å². The molecule has 0 saturated carbocycles. The molecule has 25 heavy (non-hydrogen) atoms. The Hall–Kier alpha value is -2.62. The van der Waals surface area contributed by atoms with Crippen LogP contribution in [0.2, 0.25) is 0 Å². The van der Waals surface area contributed by atoms with Gasteiger partial charge in [-0.25, -0.2) is 0 Å². The summed E-state index contributed by atoms with van der Waals surface area (Å²) in [7, 11) is 1.65. The summed E-state index contributed by atoms with van der Waals surface area (Å²) in [6.07, 6.45) is 4.65. The number of benzene rings is 2. The lowest BCUT2D eigenvalue weighted by Crippen LogP contribution is -2.05. The first-order valence-corrected chi connectivity index (χ1v) is 8.89. The lowest BCUT2D eigenvalue weighted by Gasteiger charge is -2.04. The van der Waals surface area contributed by atoms with Gasteiger partial charge in [-0.1, -0.05) is 56.5 Å². The molecule has 2 aromatic carbocycles. The average Bonchev–Trinajstić information content (AvgIpc) is 3.03. The van der Waals surface area contributed by atoms with Crippen LogP contribution in [0.3, 0.4) is 0 Å². The first-order valence-electron chi connectivity index (χ1n) is 8.89. The molecule has 0 aliphatic carbocycles. The fourth-order valence-electron chi connectivity index (χ4n) is 3.03. The van der Waals surface area contributed by atoms with Gasteiger partial charge in [-0.2, -0.15) is 5.10 Å². The number of ketones is 1. The van der Waals surface area contributed by atoms with E-state index in [4.69, 9.17) is 4.74 Å². The molecule has 0 spiro atoms. The smallest absolute Gasteiger partial charge is 0.213 e. The normalized spacial score (nSPS) is 11.0. The number of fused-ring (bicyclic) bond motifs is 1. The molecular weight excluding hydrogens is 312 g/mol. The summed E-state index contributed by atoms with van der Waals surface area (Å²) in [6.45, 7) is 3.01. The molecule has 0 fully saturated rings. The number of aryl methyl sites for hydroxylation is 1. The minimum Gasteiger partial charge on any atom is -0.497 e. The van der Waals surface area contributed by atoms with Crippen molar-refractivity contribution in [2.45, 2.75) is 39.2 Å². The Labute approximate surface area is 148 Å². The van der Waals surface area contributed by atoms with Crippen LogP contribution in [-0.2, 0) is 6.54 Å². The number of carbonyl (C=O) groups is 1. The van der Waals surface area contributed by atoms with Gasteiger partial charge in [0.05, 0.1) is 12.6 Å². The molecule has 0 amide bonds. The zero-order valence-corrected chi connectivity index (χ0v) is 14.9. The zero-order valence-electron chi connectivity index (χ0n) is 14.9. The third-order valence-corrected chi connectivity index (χ3v) is 4.43. The van der Waals surface area contributed by atoms with Crippen molar-refractivity contribution in [3.05, 3.63) is 59.8 Å². The SMILES string of the molecule is CCCCCCn1nc(C(=O)c2ccccc2)c2ccc(OC)cc21. The zero-order chi connectivity index (χ0) is 17.6. The van der Waals surface area contributed by atoms with E-state index >= 15 is 0 Å². The molecule has 0 unspecified atom stereocenters. The Morgan fingerprint density at radius 2 is 1.88 bits per heavy atom. The van der Waals surface area contributed by atoms with Crippen molar-refractivity contribution in [1.82, 2.24) is 9.78 Å². The van der Waals surface area contributed by atoms with Crippen LogP contribution in [0.5, 0.6) is 5.75 Å². The van der Waals surface area contributed by atoms with Gasteiger partial charge in [0.25, 0.3) is 0 Å². The van der Waals surface area contributed by atoms with Crippen LogP contribution < -0.4 is 4.74 Å². The second-order valence-electron chi connectivity index (χ2n) is 6.21. The number of methoxy groups -OCH3 is 1. The standard InChI is InChI=1S/C21H24N2O2/c1-3-4-5-9-14-23-19-15-17(25-2)12-13-18(19)20(22-23)21(24)16-10-7-6-8-11-16/h6-8,10-13,15H,3-5,9,14H2,1-2H3. The van der Waals surface area contributed by atoms with Crippen molar-refractivity contribution in [3.8, 4) is 5.75 Å². The Balaban J connectivity index is 1.99.